The van der Waals surface area contributed by atoms with E-state index >= 15 is 0 Å². The van der Waals surface area contributed by atoms with Crippen LogP contribution in [-0.4, -0.2) is 49.1 Å². The van der Waals surface area contributed by atoms with Gasteiger partial charge < -0.3 is 5.32 Å². The van der Waals surface area contributed by atoms with E-state index in [0.717, 1.165) is 19.3 Å². The molecule has 28 heavy (non-hydrogen) atoms. The fraction of sp³-hybridized carbons (Fsp3) is 0.500. The lowest BCUT2D eigenvalue weighted by atomic mass is 10.1. The van der Waals surface area contributed by atoms with Gasteiger partial charge in [0.25, 0.3) is 5.91 Å². The highest BCUT2D eigenvalue weighted by atomic mass is 32.2. The summed E-state index contributed by atoms with van der Waals surface area (Å²) >= 11 is 0. The van der Waals surface area contributed by atoms with E-state index in [-0.39, 0.29) is 22.5 Å². The molecule has 1 aromatic rings. The van der Waals surface area contributed by atoms with Crippen molar-refractivity contribution < 1.29 is 22.8 Å². The van der Waals surface area contributed by atoms with Crippen LogP contribution in [0.2, 0.25) is 0 Å². The number of nitrogens with one attached hydrogen (secondary N) is 3. The van der Waals surface area contributed by atoms with Crippen molar-refractivity contribution >= 4 is 27.7 Å². The third kappa shape index (κ3) is 5.29. The van der Waals surface area contributed by atoms with Crippen LogP contribution in [0, 0.1) is 0 Å². The molecule has 10 heteroatoms. The first-order valence-electron chi connectivity index (χ1n) is 9.16. The maximum Gasteiger partial charge on any atom is 0.327 e. The van der Waals surface area contributed by atoms with Gasteiger partial charge in [0.1, 0.15) is 0 Å². The number of piperidine rings is 1. The number of amides is 3. The second-order valence-electron chi connectivity index (χ2n) is 7.02. The highest BCUT2D eigenvalue weighted by Gasteiger charge is 2.31. The lowest BCUT2D eigenvalue weighted by molar-refractivity contribution is -0.139. The Morgan fingerprint density at radius 1 is 1.11 bits per heavy atom. The van der Waals surface area contributed by atoms with E-state index in [0.29, 0.717) is 6.54 Å². The van der Waals surface area contributed by atoms with E-state index in [2.05, 4.69) is 10.7 Å². The lowest BCUT2D eigenvalue weighted by Gasteiger charge is -2.32. The number of nitrogens with zero attached hydrogens (tertiary/aromatic N) is 1. The zero-order chi connectivity index (χ0) is 20.9. The zero-order valence-corrected chi connectivity index (χ0v) is 17.0. The molecule has 0 bridgehead atoms. The van der Waals surface area contributed by atoms with Gasteiger partial charge in [0.2, 0.25) is 10.0 Å². The van der Waals surface area contributed by atoms with Crippen LogP contribution in [0.15, 0.2) is 29.2 Å². The normalized spacial score (nSPS) is 17.8. The van der Waals surface area contributed by atoms with Crippen LogP contribution >= 0.6 is 0 Å². The third-order valence-electron chi connectivity index (χ3n) is 4.36. The number of hydrazine groups is 1. The number of hydrogen-bond acceptors (Lipinski definition) is 5. The summed E-state index contributed by atoms with van der Waals surface area (Å²) in [6, 6.07) is 5.25. The van der Waals surface area contributed by atoms with Crippen LogP contribution in [-0.2, 0) is 19.6 Å². The fourth-order valence-corrected chi connectivity index (χ4v) is 4.68. The second kappa shape index (κ2) is 9.16. The Morgan fingerprint density at radius 3 is 2.46 bits per heavy atom. The van der Waals surface area contributed by atoms with Crippen molar-refractivity contribution in [1.29, 1.82) is 0 Å². The average molecular weight is 410 g/mol. The monoisotopic (exact) mass is 410 g/mol. The minimum absolute atomic E-state index is 0.0118. The van der Waals surface area contributed by atoms with Gasteiger partial charge in [0, 0.05) is 24.2 Å². The molecule has 1 aliphatic rings. The standard InChI is InChI=1S/C18H26N4O5S/c1-12(2)19-17(24)18(25)21-20-16(23)14-8-6-9-15(11-14)28(26,27)22-10-5-4-7-13(22)3/h6,8-9,11-13H,4-5,7,10H2,1-3H3,(H,19,24)(H,20,23)(H,21,25)/t13-/m1/s1. The number of rotatable bonds is 4. The van der Waals surface area contributed by atoms with Crippen LogP contribution in [0.3, 0.4) is 0 Å². The van der Waals surface area contributed by atoms with Crippen molar-refractivity contribution in [3.63, 3.8) is 0 Å². The Morgan fingerprint density at radius 2 is 1.82 bits per heavy atom. The van der Waals surface area contributed by atoms with Crippen molar-refractivity contribution in [2.24, 2.45) is 0 Å². The summed E-state index contributed by atoms with van der Waals surface area (Å²) in [6.07, 6.45) is 2.58. The van der Waals surface area contributed by atoms with Gasteiger partial charge in [-0.15, -0.1) is 0 Å². The molecule has 9 nitrogen and oxygen atoms in total. The Balaban J connectivity index is 2.09. The summed E-state index contributed by atoms with van der Waals surface area (Å²) in [5, 5.41) is 2.39. The first kappa shape index (κ1) is 21.8. The molecule has 1 heterocycles. The van der Waals surface area contributed by atoms with Gasteiger partial charge in [-0.2, -0.15) is 4.31 Å². The van der Waals surface area contributed by atoms with Crippen LogP contribution in [0.4, 0.5) is 0 Å². The van der Waals surface area contributed by atoms with Gasteiger partial charge in [-0.3, -0.25) is 25.2 Å². The second-order valence-corrected chi connectivity index (χ2v) is 8.92. The van der Waals surface area contributed by atoms with Gasteiger partial charge >= 0.3 is 11.8 Å². The average Bonchev–Trinajstić information content (AvgIpc) is 2.65. The molecule has 3 N–H and O–H groups in total. The van der Waals surface area contributed by atoms with Crippen molar-refractivity contribution in [2.45, 2.75) is 57.0 Å². The number of hydrogen-bond donors (Lipinski definition) is 3. The van der Waals surface area contributed by atoms with Crippen molar-refractivity contribution in [1.82, 2.24) is 20.5 Å². The number of carbonyl (C=O) groups is 3. The number of benzene rings is 1. The topological polar surface area (TPSA) is 125 Å². The minimum atomic E-state index is -3.72. The maximum atomic E-state index is 12.9. The van der Waals surface area contributed by atoms with Crippen molar-refractivity contribution in [2.75, 3.05) is 6.54 Å². The molecule has 0 aromatic heterocycles. The molecule has 0 unspecified atom stereocenters. The highest BCUT2D eigenvalue weighted by Crippen LogP contribution is 2.25. The Hall–Kier alpha value is -2.46. The summed E-state index contributed by atoms with van der Waals surface area (Å²) in [6.45, 7) is 5.70. The third-order valence-corrected chi connectivity index (χ3v) is 6.37. The smallest absolute Gasteiger partial charge is 0.327 e. The lowest BCUT2D eigenvalue weighted by Crippen LogP contribution is -2.49. The van der Waals surface area contributed by atoms with Gasteiger partial charge in [-0.25, -0.2) is 8.42 Å². The summed E-state index contributed by atoms with van der Waals surface area (Å²) in [5.41, 5.74) is 4.17. The quantitative estimate of drug-likeness (QED) is 0.493. The molecule has 0 saturated carbocycles. The fourth-order valence-electron chi connectivity index (χ4n) is 2.93. The molecule has 0 radical (unpaired) electrons. The molecule has 1 aliphatic heterocycles. The molecule has 0 aliphatic carbocycles. The summed E-state index contributed by atoms with van der Waals surface area (Å²) in [4.78, 5) is 35.4. The van der Waals surface area contributed by atoms with Crippen molar-refractivity contribution in [3.8, 4) is 0 Å². The van der Waals surface area contributed by atoms with Crippen molar-refractivity contribution in [3.05, 3.63) is 29.8 Å². The summed E-state index contributed by atoms with van der Waals surface area (Å²) in [5.74, 6) is -2.63. The molecule has 1 aromatic carbocycles. The van der Waals surface area contributed by atoms with Gasteiger partial charge in [0.05, 0.1) is 4.90 Å². The Bertz CT molecular complexity index is 853. The minimum Gasteiger partial charge on any atom is -0.346 e. The van der Waals surface area contributed by atoms with E-state index in [4.69, 9.17) is 0 Å². The number of sulfonamides is 1. The van der Waals surface area contributed by atoms with E-state index in [1.165, 1.54) is 28.6 Å². The zero-order valence-electron chi connectivity index (χ0n) is 16.2. The highest BCUT2D eigenvalue weighted by molar-refractivity contribution is 7.89. The summed E-state index contributed by atoms with van der Waals surface area (Å²) < 4.78 is 27.3. The molecule has 1 fully saturated rings. The Labute approximate surface area is 164 Å². The largest absolute Gasteiger partial charge is 0.346 e. The predicted octanol–water partition coefficient (Wildman–Crippen LogP) is 0.535. The van der Waals surface area contributed by atoms with E-state index in [1.807, 2.05) is 12.3 Å². The van der Waals surface area contributed by atoms with Gasteiger partial charge in [0.15, 0.2) is 0 Å². The molecule has 154 valence electrons. The van der Waals surface area contributed by atoms with Gasteiger partial charge in [-0.1, -0.05) is 12.5 Å². The first-order chi connectivity index (χ1) is 13.1. The van der Waals surface area contributed by atoms with Crippen LogP contribution in [0.25, 0.3) is 0 Å². The predicted molar refractivity (Wildman–Crippen MR) is 103 cm³/mol. The molecule has 0 spiro atoms. The van der Waals surface area contributed by atoms with Crippen LogP contribution < -0.4 is 16.2 Å². The Kier molecular flexibility index (Phi) is 7.14. The molecule has 2 rings (SSSR count). The van der Waals surface area contributed by atoms with Crippen LogP contribution in [0.1, 0.15) is 50.4 Å². The van der Waals surface area contributed by atoms with E-state index in [9.17, 15) is 22.8 Å². The first-order valence-corrected chi connectivity index (χ1v) is 10.6. The van der Waals surface area contributed by atoms with E-state index < -0.39 is 27.7 Å². The molecule has 3 amide bonds. The van der Waals surface area contributed by atoms with E-state index in [1.54, 1.807) is 13.8 Å². The molecular weight excluding hydrogens is 384 g/mol. The molecule has 1 atom stereocenters. The van der Waals surface area contributed by atoms with Crippen LogP contribution in [0.5, 0.6) is 0 Å². The molecular formula is C18H26N4O5S. The summed E-state index contributed by atoms with van der Waals surface area (Å²) in [7, 11) is -3.72. The maximum absolute atomic E-state index is 12.9. The molecule has 1 saturated heterocycles. The SMILES string of the molecule is CC(C)NC(=O)C(=O)NNC(=O)c1cccc(S(=O)(=O)N2CCCC[C@H]2C)c1. The number of carbonyl (C=O) groups excluding carboxylic acids is 3. The van der Waals surface area contributed by atoms with Gasteiger partial charge in [-0.05, 0) is 51.8 Å².